The molecule has 5 rings (SSSR count). The van der Waals surface area contributed by atoms with Crippen LogP contribution in [0.4, 0.5) is 4.39 Å². The molecule has 1 saturated heterocycles. The minimum atomic E-state index is -0.245. The Morgan fingerprint density at radius 1 is 1.06 bits per heavy atom. The first-order chi connectivity index (χ1) is 15.1. The molecule has 158 valence electrons. The van der Waals surface area contributed by atoms with Crippen LogP contribution in [0.3, 0.4) is 0 Å². The molecule has 1 aliphatic rings. The highest BCUT2D eigenvalue weighted by molar-refractivity contribution is 7.09. The Kier molecular flexibility index (Phi) is 5.25. The van der Waals surface area contributed by atoms with Gasteiger partial charge in [-0.2, -0.15) is 0 Å². The number of hydrogen-bond acceptors (Lipinski definition) is 5. The van der Waals surface area contributed by atoms with Gasteiger partial charge in [-0.3, -0.25) is 14.1 Å². The molecule has 4 aromatic rings. The van der Waals surface area contributed by atoms with Crippen LogP contribution in [0.2, 0.25) is 0 Å². The minimum absolute atomic E-state index is 0.0312. The van der Waals surface area contributed by atoms with Crippen LogP contribution in [-0.4, -0.2) is 56.3 Å². The summed E-state index contributed by atoms with van der Waals surface area (Å²) in [5.41, 5.74) is 3.99. The molecule has 31 heavy (non-hydrogen) atoms. The molecule has 0 spiro atoms. The van der Waals surface area contributed by atoms with E-state index in [2.05, 4.69) is 9.88 Å². The van der Waals surface area contributed by atoms with E-state index >= 15 is 0 Å². The van der Waals surface area contributed by atoms with Gasteiger partial charge in [0.2, 0.25) is 0 Å². The smallest absolute Gasteiger partial charge is 0.272 e. The summed E-state index contributed by atoms with van der Waals surface area (Å²) in [5.74, 6) is -0.213. The third-order valence-electron chi connectivity index (χ3n) is 5.62. The molecular formula is C23H22FN5OS. The predicted octanol–water partition coefficient (Wildman–Crippen LogP) is 3.86. The second-order valence-corrected chi connectivity index (χ2v) is 8.62. The number of benzene rings is 1. The monoisotopic (exact) mass is 435 g/mol. The van der Waals surface area contributed by atoms with Crippen LogP contribution < -0.4 is 0 Å². The van der Waals surface area contributed by atoms with Crippen molar-refractivity contribution in [3.05, 3.63) is 76.3 Å². The maximum absolute atomic E-state index is 13.2. The molecule has 1 aliphatic heterocycles. The van der Waals surface area contributed by atoms with Gasteiger partial charge in [-0.25, -0.2) is 14.4 Å². The molecule has 0 N–H and O–H groups in total. The Morgan fingerprint density at radius 2 is 1.84 bits per heavy atom. The lowest BCUT2D eigenvalue weighted by Gasteiger charge is -2.34. The van der Waals surface area contributed by atoms with Crippen molar-refractivity contribution >= 4 is 22.9 Å². The number of aryl methyl sites for hydroxylation is 1. The van der Waals surface area contributed by atoms with E-state index in [1.54, 1.807) is 23.5 Å². The molecule has 1 fully saturated rings. The topological polar surface area (TPSA) is 53.7 Å². The number of nitrogens with zero attached hydrogens (tertiary/aromatic N) is 5. The van der Waals surface area contributed by atoms with E-state index in [0.717, 1.165) is 47.2 Å². The van der Waals surface area contributed by atoms with Crippen LogP contribution in [0, 0.1) is 12.7 Å². The maximum atomic E-state index is 13.2. The van der Waals surface area contributed by atoms with Gasteiger partial charge < -0.3 is 4.90 Å². The first-order valence-corrected chi connectivity index (χ1v) is 11.1. The number of carbonyl (C=O) groups excluding carboxylic acids is 1. The van der Waals surface area contributed by atoms with Gasteiger partial charge in [-0.1, -0.05) is 6.07 Å². The standard InChI is InChI=1S/C23H22FN5OS/c1-16-22(29-9-3-2-4-20(29)25-16)23(30)28-12-10-27(11-13-28)14-21-26-19(15-31-21)17-5-7-18(24)8-6-17/h2-9,15H,10-14H2,1H3. The largest absolute Gasteiger partial charge is 0.335 e. The van der Waals surface area contributed by atoms with Crippen molar-refractivity contribution in [2.24, 2.45) is 0 Å². The normalized spacial score (nSPS) is 15.0. The summed E-state index contributed by atoms with van der Waals surface area (Å²) in [7, 11) is 0. The highest BCUT2D eigenvalue weighted by Crippen LogP contribution is 2.23. The van der Waals surface area contributed by atoms with E-state index in [4.69, 9.17) is 4.98 Å². The van der Waals surface area contributed by atoms with Crippen molar-refractivity contribution in [3.63, 3.8) is 0 Å². The first-order valence-electron chi connectivity index (χ1n) is 10.2. The number of piperazine rings is 1. The van der Waals surface area contributed by atoms with Gasteiger partial charge in [0.15, 0.2) is 0 Å². The highest BCUT2D eigenvalue weighted by atomic mass is 32.1. The molecule has 6 nitrogen and oxygen atoms in total. The van der Waals surface area contributed by atoms with E-state index in [-0.39, 0.29) is 11.7 Å². The number of aromatic nitrogens is 3. The third-order valence-corrected chi connectivity index (χ3v) is 6.45. The quantitative estimate of drug-likeness (QED) is 0.488. The van der Waals surface area contributed by atoms with Crippen molar-refractivity contribution in [1.82, 2.24) is 24.2 Å². The van der Waals surface area contributed by atoms with E-state index in [9.17, 15) is 9.18 Å². The minimum Gasteiger partial charge on any atom is -0.335 e. The van der Waals surface area contributed by atoms with Crippen LogP contribution in [0.1, 0.15) is 21.2 Å². The van der Waals surface area contributed by atoms with Crippen LogP contribution in [0.15, 0.2) is 54.0 Å². The van der Waals surface area contributed by atoms with E-state index in [1.165, 1.54) is 12.1 Å². The third kappa shape index (κ3) is 3.96. The summed E-state index contributed by atoms with van der Waals surface area (Å²) < 4.78 is 15.0. The van der Waals surface area contributed by atoms with Crippen molar-refractivity contribution in [2.45, 2.75) is 13.5 Å². The summed E-state index contributed by atoms with van der Waals surface area (Å²) in [6, 6.07) is 12.2. The zero-order valence-electron chi connectivity index (χ0n) is 17.2. The Hall–Kier alpha value is -3.10. The molecule has 8 heteroatoms. The number of hydrogen-bond donors (Lipinski definition) is 0. The van der Waals surface area contributed by atoms with Crippen LogP contribution >= 0.6 is 11.3 Å². The SMILES string of the molecule is Cc1nc2ccccn2c1C(=O)N1CCN(Cc2nc(-c3ccc(F)cc3)cs2)CC1. The van der Waals surface area contributed by atoms with E-state index < -0.39 is 0 Å². The maximum Gasteiger partial charge on any atom is 0.272 e. The fourth-order valence-electron chi connectivity index (χ4n) is 3.96. The van der Waals surface area contributed by atoms with Gasteiger partial charge in [0, 0.05) is 43.3 Å². The van der Waals surface area contributed by atoms with Gasteiger partial charge in [0.05, 0.1) is 17.9 Å². The molecule has 4 heterocycles. The second kappa shape index (κ2) is 8.20. The van der Waals surface area contributed by atoms with Crippen molar-refractivity contribution < 1.29 is 9.18 Å². The fraction of sp³-hybridized carbons (Fsp3) is 0.261. The van der Waals surface area contributed by atoms with Crippen LogP contribution in [0.5, 0.6) is 0 Å². The number of carbonyl (C=O) groups is 1. The van der Waals surface area contributed by atoms with E-state index in [1.807, 2.05) is 46.0 Å². The number of pyridine rings is 1. The molecule has 0 saturated carbocycles. The average molecular weight is 436 g/mol. The molecular weight excluding hydrogens is 413 g/mol. The lowest BCUT2D eigenvalue weighted by atomic mass is 10.2. The Morgan fingerprint density at radius 3 is 2.61 bits per heavy atom. The van der Waals surface area contributed by atoms with Crippen LogP contribution in [0.25, 0.3) is 16.9 Å². The van der Waals surface area contributed by atoms with Crippen LogP contribution in [-0.2, 0) is 6.54 Å². The summed E-state index contributed by atoms with van der Waals surface area (Å²) in [6.45, 7) is 5.59. The fourth-order valence-corrected chi connectivity index (χ4v) is 4.80. The zero-order chi connectivity index (χ0) is 21.4. The van der Waals surface area contributed by atoms with Crippen molar-refractivity contribution in [1.29, 1.82) is 0 Å². The van der Waals surface area contributed by atoms with Gasteiger partial charge in [-0.05, 0) is 43.3 Å². The number of halogens is 1. The predicted molar refractivity (Wildman–Crippen MR) is 119 cm³/mol. The highest BCUT2D eigenvalue weighted by Gasteiger charge is 2.26. The molecule has 1 aromatic carbocycles. The Bertz CT molecular complexity index is 1220. The van der Waals surface area contributed by atoms with Gasteiger partial charge in [0.1, 0.15) is 22.2 Å². The molecule has 0 bridgehead atoms. The van der Waals surface area contributed by atoms with E-state index in [0.29, 0.717) is 18.8 Å². The van der Waals surface area contributed by atoms with Crippen molar-refractivity contribution in [3.8, 4) is 11.3 Å². The summed E-state index contributed by atoms with van der Waals surface area (Å²) in [6.07, 6.45) is 1.89. The number of imidazole rings is 1. The number of rotatable bonds is 4. The average Bonchev–Trinajstić information content (AvgIpc) is 3.38. The Labute approximate surface area is 183 Å². The number of amides is 1. The molecule has 0 atom stereocenters. The van der Waals surface area contributed by atoms with Crippen molar-refractivity contribution in [2.75, 3.05) is 26.2 Å². The van der Waals surface area contributed by atoms with Gasteiger partial charge in [-0.15, -0.1) is 11.3 Å². The summed E-state index contributed by atoms with van der Waals surface area (Å²) >= 11 is 1.61. The molecule has 1 amide bonds. The van der Waals surface area contributed by atoms with Gasteiger partial charge in [0.25, 0.3) is 5.91 Å². The molecule has 0 unspecified atom stereocenters. The summed E-state index contributed by atoms with van der Waals surface area (Å²) in [4.78, 5) is 26.6. The lowest BCUT2D eigenvalue weighted by Crippen LogP contribution is -2.48. The molecule has 3 aromatic heterocycles. The Balaban J connectivity index is 1.22. The first kappa shape index (κ1) is 19.8. The number of thiazole rings is 1. The lowest BCUT2D eigenvalue weighted by molar-refractivity contribution is 0.0621. The molecule has 0 aliphatic carbocycles. The van der Waals surface area contributed by atoms with Gasteiger partial charge >= 0.3 is 0 Å². The number of fused-ring (bicyclic) bond motifs is 1. The molecule has 0 radical (unpaired) electrons. The second-order valence-electron chi connectivity index (χ2n) is 7.68. The zero-order valence-corrected chi connectivity index (χ0v) is 18.0. The summed E-state index contributed by atoms with van der Waals surface area (Å²) in [5, 5.41) is 3.03.